The maximum atomic E-state index is 12.4. The maximum Gasteiger partial charge on any atom is 0.330 e. The average molecular weight is 387 g/mol. The molecule has 0 spiro atoms. The van der Waals surface area contributed by atoms with Gasteiger partial charge in [0.25, 0.3) is 0 Å². The van der Waals surface area contributed by atoms with E-state index in [1.807, 2.05) is 12.1 Å². The minimum atomic E-state index is -0.307. The molecule has 0 heterocycles. The summed E-state index contributed by atoms with van der Waals surface area (Å²) in [6.07, 6.45) is 13.3. The molecule has 1 fully saturated rings. The van der Waals surface area contributed by atoms with Gasteiger partial charge in [-0.3, -0.25) is 4.79 Å². The molecule has 0 radical (unpaired) electrons. The monoisotopic (exact) mass is 386 g/mol. The number of carbonyl (C=O) groups is 2. The number of hydrogen-bond donors (Lipinski definition) is 0. The van der Waals surface area contributed by atoms with Crippen LogP contribution in [-0.4, -0.2) is 18.0 Å². The number of allylic oxidation sites excluding steroid dienone is 1. The molecule has 1 aromatic carbocycles. The van der Waals surface area contributed by atoms with Gasteiger partial charge in [0.15, 0.2) is 0 Å². The third-order valence-corrected chi connectivity index (χ3v) is 5.30. The molecule has 0 atom stereocenters. The lowest BCUT2D eigenvalue weighted by molar-refractivity contribution is -0.147. The van der Waals surface area contributed by atoms with Crippen molar-refractivity contribution in [1.29, 1.82) is 0 Å². The lowest BCUT2D eigenvalue weighted by Gasteiger charge is -2.26. The molecule has 154 valence electrons. The van der Waals surface area contributed by atoms with E-state index in [4.69, 9.17) is 9.47 Å². The van der Waals surface area contributed by atoms with Crippen LogP contribution in [0.25, 0.3) is 0 Å². The van der Waals surface area contributed by atoms with E-state index in [2.05, 4.69) is 19.1 Å². The van der Waals surface area contributed by atoms with Crippen LogP contribution in [-0.2, 0) is 20.7 Å². The highest BCUT2D eigenvalue weighted by molar-refractivity contribution is 5.82. The fraction of sp³-hybridized carbons (Fsp3) is 0.583. The number of benzene rings is 1. The van der Waals surface area contributed by atoms with Crippen LogP contribution >= 0.6 is 0 Å². The van der Waals surface area contributed by atoms with Crippen LogP contribution in [0.5, 0.6) is 5.75 Å². The third-order valence-electron chi connectivity index (χ3n) is 5.30. The smallest absolute Gasteiger partial charge is 0.330 e. The van der Waals surface area contributed by atoms with Gasteiger partial charge in [0.1, 0.15) is 11.9 Å². The number of unbranched alkanes of at least 4 members (excludes halogenated alkanes) is 4. The van der Waals surface area contributed by atoms with Gasteiger partial charge in [-0.15, -0.1) is 0 Å². The molecule has 2 rings (SSSR count). The molecular weight excluding hydrogens is 352 g/mol. The van der Waals surface area contributed by atoms with E-state index in [1.54, 1.807) is 13.0 Å². The number of rotatable bonds is 10. The first-order chi connectivity index (χ1) is 13.6. The molecule has 28 heavy (non-hydrogen) atoms. The van der Waals surface area contributed by atoms with Crippen LogP contribution in [0, 0.1) is 5.92 Å². The van der Waals surface area contributed by atoms with Gasteiger partial charge in [-0.1, -0.05) is 50.8 Å². The van der Waals surface area contributed by atoms with Crippen LogP contribution in [0.2, 0.25) is 0 Å². The molecule has 0 saturated heterocycles. The Morgan fingerprint density at radius 1 is 1.00 bits per heavy atom. The average Bonchev–Trinajstić information content (AvgIpc) is 2.70. The maximum absolute atomic E-state index is 12.4. The second-order valence-corrected chi connectivity index (χ2v) is 7.64. The van der Waals surface area contributed by atoms with Gasteiger partial charge >= 0.3 is 11.9 Å². The summed E-state index contributed by atoms with van der Waals surface area (Å²) >= 11 is 0. The normalized spacial score (nSPS) is 19.5. The molecule has 0 N–H and O–H groups in total. The zero-order valence-corrected chi connectivity index (χ0v) is 17.3. The summed E-state index contributed by atoms with van der Waals surface area (Å²) in [5.41, 5.74) is 1.29. The molecule has 0 aromatic heterocycles. The Bertz CT molecular complexity index is 625. The Morgan fingerprint density at radius 3 is 2.32 bits per heavy atom. The van der Waals surface area contributed by atoms with Crippen molar-refractivity contribution in [1.82, 2.24) is 0 Å². The van der Waals surface area contributed by atoms with Crippen molar-refractivity contribution >= 4 is 11.9 Å². The first kappa shape index (κ1) is 22.2. The number of esters is 2. The van der Waals surface area contributed by atoms with Gasteiger partial charge in [0, 0.05) is 6.08 Å². The van der Waals surface area contributed by atoms with E-state index >= 15 is 0 Å². The summed E-state index contributed by atoms with van der Waals surface area (Å²) in [6, 6.07) is 7.90. The van der Waals surface area contributed by atoms with Crippen LogP contribution in [0.1, 0.15) is 77.2 Å². The van der Waals surface area contributed by atoms with Crippen molar-refractivity contribution in [3.05, 3.63) is 42.0 Å². The molecule has 0 amide bonds. The van der Waals surface area contributed by atoms with E-state index in [9.17, 15) is 9.59 Å². The van der Waals surface area contributed by atoms with E-state index in [0.29, 0.717) is 31.4 Å². The quantitative estimate of drug-likeness (QED) is 0.221. The van der Waals surface area contributed by atoms with Crippen molar-refractivity contribution in [3.8, 4) is 5.75 Å². The fourth-order valence-electron chi connectivity index (χ4n) is 3.61. The molecular formula is C24H34O4. The fourth-order valence-corrected chi connectivity index (χ4v) is 3.61. The summed E-state index contributed by atoms with van der Waals surface area (Å²) in [6.45, 7) is 4.01. The Hall–Kier alpha value is -2.10. The second kappa shape index (κ2) is 12.4. The summed E-state index contributed by atoms with van der Waals surface area (Å²) < 4.78 is 10.9. The number of carbonyl (C=O) groups excluding carboxylic acids is 2. The Balaban J connectivity index is 1.70. The summed E-state index contributed by atoms with van der Waals surface area (Å²) in [5.74, 6) is 0.0146. The number of aryl methyl sites for hydroxylation is 1. The lowest BCUT2D eigenvalue weighted by atomic mass is 9.87. The standard InChI is InChI=1S/C24H34O4/c1-3-5-6-7-8-10-19-11-15-22(16-12-19)28-24(26)20-13-17-21(18-14-20)27-23(25)9-4-2/h4,9,11-12,15-16,20-21H,3,5-8,10,13-14,17-18H2,1-2H3/b9-4+/t20-,21-. The largest absolute Gasteiger partial charge is 0.459 e. The van der Waals surface area contributed by atoms with Gasteiger partial charge in [0.05, 0.1) is 5.92 Å². The van der Waals surface area contributed by atoms with E-state index < -0.39 is 0 Å². The Labute approximate surface area is 169 Å². The van der Waals surface area contributed by atoms with Crippen molar-refractivity contribution in [2.24, 2.45) is 5.92 Å². The van der Waals surface area contributed by atoms with Crippen LogP contribution < -0.4 is 4.74 Å². The Kier molecular flexibility index (Phi) is 9.81. The number of hydrogen-bond acceptors (Lipinski definition) is 4. The third kappa shape index (κ3) is 7.87. The molecule has 0 bridgehead atoms. The van der Waals surface area contributed by atoms with Gasteiger partial charge in [-0.2, -0.15) is 0 Å². The molecule has 1 aliphatic carbocycles. The SMILES string of the molecule is C/C=C/C(=O)O[C@H]1CC[C@H](C(=O)Oc2ccc(CCCCCCC)cc2)CC1. The zero-order valence-electron chi connectivity index (χ0n) is 17.3. The van der Waals surface area contributed by atoms with Gasteiger partial charge in [0.2, 0.25) is 0 Å². The van der Waals surface area contributed by atoms with Crippen LogP contribution in [0.4, 0.5) is 0 Å². The predicted molar refractivity (Wildman–Crippen MR) is 111 cm³/mol. The van der Waals surface area contributed by atoms with Crippen LogP contribution in [0.15, 0.2) is 36.4 Å². The summed E-state index contributed by atoms with van der Waals surface area (Å²) in [4.78, 5) is 23.9. The van der Waals surface area contributed by atoms with Crippen molar-refractivity contribution < 1.29 is 19.1 Å². The highest BCUT2D eigenvalue weighted by Gasteiger charge is 2.29. The van der Waals surface area contributed by atoms with Gasteiger partial charge < -0.3 is 9.47 Å². The first-order valence-corrected chi connectivity index (χ1v) is 10.8. The second-order valence-electron chi connectivity index (χ2n) is 7.64. The van der Waals surface area contributed by atoms with Crippen molar-refractivity contribution in [3.63, 3.8) is 0 Å². The van der Waals surface area contributed by atoms with Crippen molar-refractivity contribution in [2.75, 3.05) is 0 Å². The van der Waals surface area contributed by atoms with Gasteiger partial charge in [-0.25, -0.2) is 4.79 Å². The summed E-state index contributed by atoms with van der Waals surface area (Å²) in [5, 5.41) is 0. The zero-order chi connectivity index (χ0) is 20.2. The molecule has 1 saturated carbocycles. The van der Waals surface area contributed by atoms with E-state index in [1.165, 1.54) is 43.7 Å². The molecule has 4 nitrogen and oxygen atoms in total. The number of ether oxygens (including phenoxy) is 2. The van der Waals surface area contributed by atoms with E-state index in [0.717, 1.165) is 6.42 Å². The molecule has 1 aromatic rings. The summed E-state index contributed by atoms with van der Waals surface area (Å²) in [7, 11) is 0. The Morgan fingerprint density at radius 2 is 1.68 bits per heavy atom. The topological polar surface area (TPSA) is 52.6 Å². The molecule has 1 aliphatic rings. The molecule has 0 unspecified atom stereocenters. The minimum absolute atomic E-state index is 0.0932. The lowest BCUT2D eigenvalue weighted by Crippen LogP contribution is -2.29. The highest BCUT2D eigenvalue weighted by Crippen LogP contribution is 2.28. The van der Waals surface area contributed by atoms with Crippen LogP contribution in [0.3, 0.4) is 0 Å². The van der Waals surface area contributed by atoms with Crippen molar-refractivity contribution in [2.45, 2.75) is 84.2 Å². The minimum Gasteiger partial charge on any atom is -0.459 e. The predicted octanol–water partition coefficient (Wildman–Crippen LogP) is 5.78. The first-order valence-electron chi connectivity index (χ1n) is 10.8. The molecule has 4 heteroatoms. The van der Waals surface area contributed by atoms with Gasteiger partial charge in [-0.05, 0) is 63.1 Å². The molecule has 0 aliphatic heterocycles. The highest BCUT2D eigenvalue weighted by atomic mass is 16.5. The van der Waals surface area contributed by atoms with E-state index in [-0.39, 0.29) is 24.0 Å².